The van der Waals surface area contributed by atoms with Gasteiger partial charge in [0.15, 0.2) is 23.0 Å². The second-order valence-corrected chi connectivity index (χ2v) is 17.2. The molecule has 4 nitrogen and oxygen atoms in total. The van der Waals surface area contributed by atoms with E-state index in [4.69, 9.17) is 14.2 Å². The number of para-hydroxylation sites is 2. The lowest BCUT2D eigenvalue weighted by Crippen LogP contribution is -2.28. The van der Waals surface area contributed by atoms with E-state index in [2.05, 4.69) is 164 Å². The summed E-state index contributed by atoms with van der Waals surface area (Å²) < 4.78 is 20.1. The molecule has 9 aromatic carbocycles. The summed E-state index contributed by atoms with van der Waals surface area (Å²) in [5.74, 6) is 3.49. The first-order chi connectivity index (χ1) is 33.6. The average Bonchev–Trinajstić information content (AvgIpc) is 3.71. The Kier molecular flexibility index (Phi) is 10.00. The van der Waals surface area contributed by atoms with Gasteiger partial charge in [-0.1, -0.05) is 219 Å². The smallest absolute Gasteiger partial charge is 0.178 e. The summed E-state index contributed by atoms with van der Waals surface area (Å²) in [6.45, 7) is 4.27. The van der Waals surface area contributed by atoms with Crippen LogP contribution in [-0.2, 0) is 5.41 Å². The number of rotatable bonds is 8. The predicted octanol–water partition coefficient (Wildman–Crippen LogP) is 16.3. The Morgan fingerprint density at radius 3 is 1.68 bits per heavy atom. The molecule has 1 N–H and O–H groups in total. The zero-order valence-electron chi connectivity index (χ0n) is 37.0. The van der Waals surface area contributed by atoms with E-state index in [9.17, 15) is 5.41 Å². The predicted molar refractivity (Wildman–Crippen MR) is 276 cm³/mol. The first kappa shape index (κ1) is 40.5. The molecule has 0 spiro atoms. The number of hydrogen-bond donors (Lipinski definition) is 1. The van der Waals surface area contributed by atoms with Crippen molar-refractivity contribution >= 4 is 16.9 Å². The lowest BCUT2D eigenvalue weighted by molar-refractivity contribution is 0.361. The van der Waals surface area contributed by atoms with E-state index in [1.807, 2.05) is 78.9 Å². The average molecular weight is 874 g/mol. The van der Waals surface area contributed by atoms with E-state index in [0.29, 0.717) is 28.7 Å². The fourth-order valence-corrected chi connectivity index (χ4v) is 10.2. The third-order valence-electron chi connectivity index (χ3n) is 13.4. The van der Waals surface area contributed by atoms with E-state index >= 15 is 0 Å². The summed E-state index contributed by atoms with van der Waals surface area (Å²) in [4.78, 5) is 0. The number of fused-ring (bicyclic) bond motifs is 7. The summed E-state index contributed by atoms with van der Waals surface area (Å²) in [6, 6.07) is 73.6. The maximum Gasteiger partial charge on any atom is 0.178 e. The molecule has 12 rings (SSSR count). The van der Waals surface area contributed by atoms with Crippen molar-refractivity contribution in [3.8, 4) is 62.1 Å². The molecule has 68 heavy (non-hydrogen) atoms. The van der Waals surface area contributed by atoms with Crippen LogP contribution in [0.2, 0.25) is 0 Å². The molecular weight excluding hydrogens is 831 g/mol. The van der Waals surface area contributed by atoms with Gasteiger partial charge in [-0.15, -0.1) is 0 Å². The number of allylic oxidation sites excluding steroid dienone is 5. The van der Waals surface area contributed by atoms with Crippen molar-refractivity contribution < 1.29 is 14.2 Å². The van der Waals surface area contributed by atoms with Crippen molar-refractivity contribution in [1.82, 2.24) is 0 Å². The van der Waals surface area contributed by atoms with Crippen LogP contribution in [0.3, 0.4) is 0 Å². The monoisotopic (exact) mass is 873 g/mol. The molecule has 2 heterocycles. The molecule has 3 aliphatic rings. The van der Waals surface area contributed by atoms with Gasteiger partial charge in [0.25, 0.3) is 0 Å². The van der Waals surface area contributed by atoms with E-state index in [1.54, 1.807) is 6.26 Å². The maximum atomic E-state index is 9.22. The molecule has 0 saturated carbocycles. The highest BCUT2D eigenvalue weighted by atomic mass is 16.6. The lowest BCUT2D eigenvalue weighted by atomic mass is 9.68. The van der Waals surface area contributed by atoms with Crippen molar-refractivity contribution in [2.75, 3.05) is 0 Å². The van der Waals surface area contributed by atoms with Crippen LogP contribution in [0.1, 0.15) is 44.5 Å². The summed E-state index contributed by atoms with van der Waals surface area (Å²) in [7, 11) is 0. The van der Waals surface area contributed by atoms with Crippen LogP contribution >= 0.6 is 0 Å². The summed E-state index contributed by atoms with van der Waals surface area (Å²) >= 11 is 0. The largest absolute Gasteiger partial charge is 0.464 e. The Balaban J connectivity index is 0.928. The molecular formula is C64H43NO3. The zero-order valence-corrected chi connectivity index (χ0v) is 37.0. The summed E-state index contributed by atoms with van der Waals surface area (Å²) in [6.07, 6.45) is 9.46. The third kappa shape index (κ3) is 6.73. The highest BCUT2D eigenvalue weighted by Crippen LogP contribution is 2.63. The van der Waals surface area contributed by atoms with Crippen LogP contribution in [0.5, 0.6) is 28.7 Å². The van der Waals surface area contributed by atoms with Crippen molar-refractivity contribution in [1.29, 1.82) is 5.41 Å². The van der Waals surface area contributed by atoms with E-state index in [-0.39, 0.29) is 0 Å². The number of nitrogens with one attached hydrogen (secondary N) is 1. The lowest BCUT2D eigenvalue weighted by Gasteiger charge is -2.34. The fraction of sp³-hybridized carbons (Fsp3) is 0.0156. The maximum absolute atomic E-state index is 9.22. The standard InChI is InChI=1S/C64H43NO3/c1-42-17-13-14-40-66-61-50(42)25-15-26-51(61)43-30-34-45(35-31-43)54(41-57(65)47-18-5-2-6-19-47)46-36-32-44(33-37-46)52-27-16-29-58-62(52)68-63-59(67-58)39-38-56-60(63)53-24-11-12-28-55(53)64(56,48-20-7-3-8-21-48)49-22-9-4-10-23-49/h2-41,65H,1H2/b17-13-,40-14-,54-41-,65-57?. The number of benzene rings is 9. The van der Waals surface area contributed by atoms with Crippen LogP contribution in [0.25, 0.3) is 44.5 Å². The molecule has 0 amide bonds. The van der Waals surface area contributed by atoms with Crippen molar-refractivity contribution in [3.05, 3.63) is 294 Å². The minimum Gasteiger partial charge on any atom is -0.464 e. The van der Waals surface area contributed by atoms with Gasteiger partial charge in [0, 0.05) is 22.3 Å². The molecule has 0 atom stereocenters. The first-order valence-electron chi connectivity index (χ1n) is 22.8. The van der Waals surface area contributed by atoms with Crippen LogP contribution in [0.15, 0.2) is 249 Å². The van der Waals surface area contributed by atoms with Crippen molar-refractivity contribution in [2.24, 2.45) is 0 Å². The van der Waals surface area contributed by atoms with Gasteiger partial charge in [-0.3, -0.25) is 0 Å². The van der Waals surface area contributed by atoms with Gasteiger partial charge >= 0.3 is 0 Å². The molecule has 0 saturated heterocycles. The van der Waals surface area contributed by atoms with Crippen LogP contribution in [0.4, 0.5) is 0 Å². The first-order valence-corrected chi connectivity index (χ1v) is 22.8. The quantitative estimate of drug-likeness (QED) is 0.155. The summed E-state index contributed by atoms with van der Waals surface area (Å²) in [5, 5.41) is 9.22. The van der Waals surface area contributed by atoms with Crippen molar-refractivity contribution in [2.45, 2.75) is 5.41 Å². The minimum absolute atomic E-state index is 0.420. The van der Waals surface area contributed by atoms with Gasteiger partial charge in [-0.25, -0.2) is 0 Å². The highest BCUT2D eigenvalue weighted by Gasteiger charge is 2.48. The topological polar surface area (TPSA) is 51.5 Å². The molecule has 0 unspecified atom stereocenters. The number of ether oxygens (including phenoxy) is 3. The van der Waals surface area contributed by atoms with E-state index in [1.165, 1.54) is 16.7 Å². The Morgan fingerprint density at radius 1 is 0.441 bits per heavy atom. The second kappa shape index (κ2) is 16.8. The Morgan fingerprint density at radius 2 is 1.00 bits per heavy atom. The van der Waals surface area contributed by atoms with Gasteiger partial charge in [-0.05, 0) is 91.1 Å². The normalized spacial score (nSPS) is 14.8. The van der Waals surface area contributed by atoms with Gasteiger partial charge in [-0.2, -0.15) is 0 Å². The van der Waals surface area contributed by atoms with Gasteiger partial charge in [0.2, 0.25) is 0 Å². The fourth-order valence-electron chi connectivity index (χ4n) is 10.2. The minimum atomic E-state index is -0.565. The molecule has 2 aliphatic heterocycles. The molecule has 1 aliphatic carbocycles. The second-order valence-electron chi connectivity index (χ2n) is 17.2. The molecule has 9 aromatic rings. The zero-order chi connectivity index (χ0) is 45.6. The highest BCUT2D eigenvalue weighted by molar-refractivity contribution is 6.12. The van der Waals surface area contributed by atoms with Gasteiger partial charge in [0.1, 0.15) is 5.75 Å². The van der Waals surface area contributed by atoms with Crippen LogP contribution in [0, 0.1) is 5.41 Å². The summed E-state index contributed by atoms with van der Waals surface area (Å²) in [5.41, 5.74) is 16.2. The van der Waals surface area contributed by atoms with Gasteiger partial charge < -0.3 is 19.6 Å². The van der Waals surface area contributed by atoms with Crippen LogP contribution in [-0.4, -0.2) is 5.71 Å². The number of hydrogen-bond acceptors (Lipinski definition) is 4. The SMILES string of the molecule is C=C1/C=C\C=C/Oc2c1cccc2-c1ccc(/C(=C/C(=N)c2ccccc2)c2ccc(-c3cccc4c3Oc3c(ccc5c3-c3ccccc3C5(c3ccccc3)c3ccccc3)O4)cc2)cc1. The molecule has 322 valence electrons. The Labute approximate surface area is 396 Å². The molecule has 0 fully saturated rings. The Hall–Kier alpha value is -8.99. The molecule has 4 heteroatoms. The molecule has 0 bridgehead atoms. The molecule has 0 aromatic heterocycles. The molecule has 0 radical (unpaired) electrons. The third-order valence-corrected chi connectivity index (χ3v) is 13.4. The van der Waals surface area contributed by atoms with Crippen molar-refractivity contribution in [3.63, 3.8) is 0 Å². The Bertz CT molecular complexity index is 3490. The van der Waals surface area contributed by atoms with E-state index in [0.717, 1.165) is 78.1 Å². The van der Waals surface area contributed by atoms with Gasteiger partial charge in [0.05, 0.1) is 17.4 Å². The van der Waals surface area contributed by atoms with E-state index < -0.39 is 5.41 Å². The van der Waals surface area contributed by atoms with Crippen LogP contribution < -0.4 is 14.2 Å².